The molecule has 68 valence electrons. The quantitative estimate of drug-likeness (QED) is 0.488. The van der Waals surface area contributed by atoms with E-state index in [2.05, 4.69) is 0 Å². The molecule has 0 saturated carbocycles. The summed E-state index contributed by atoms with van der Waals surface area (Å²) in [6.45, 7) is 1.66. The van der Waals surface area contributed by atoms with Crippen LogP contribution in [-0.2, 0) is 0 Å². The SMILES string of the molecule is Bc1c(F)cc(F)cc1C(=O)CC. The van der Waals surface area contributed by atoms with E-state index in [9.17, 15) is 13.6 Å². The second-order valence-electron chi connectivity index (χ2n) is 2.84. The summed E-state index contributed by atoms with van der Waals surface area (Å²) in [4.78, 5) is 11.2. The summed E-state index contributed by atoms with van der Waals surface area (Å²) >= 11 is 0. The molecule has 0 spiro atoms. The molecule has 1 rings (SSSR count). The van der Waals surface area contributed by atoms with E-state index in [-0.39, 0.29) is 23.2 Å². The molecule has 1 nitrogen and oxygen atoms in total. The first-order valence-corrected chi connectivity index (χ1v) is 4.05. The normalized spacial score (nSPS) is 10.1. The number of carbonyl (C=O) groups excluding carboxylic acids is 1. The van der Waals surface area contributed by atoms with Crippen molar-refractivity contribution in [2.75, 3.05) is 0 Å². The van der Waals surface area contributed by atoms with Crippen LogP contribution < -0.4 is 5.46 Å². The van der Waals surface area contributed by atoms with Gasteiger partial charge in [0, 0.05) is 18.1 Å². The fourth-order valence-corrected chi connectivity index (χ4v) is 1.13. The maximum Gasteiger partial charge on any atom is 0.162 e. The Morgan fingerprint density at radius 3 is 2.62 bits per heavy atom. The molecule has 0 atom stereocenters. The summed E-state index contributed by atoms with van der Waals surface area (Å²) in [5.41, 5.74) is 0.355. The molecular weight excluding hydrogens is 173 g/mol. The number of carbonyl (C=O) groups is 1. The summed E-state index contributed by atoms with van der Waals surface area (Å²) in [6, 6.07) is 1.85. The number of hydrogen-bond donors (Lipinski definition) is 0. The minimum Gasteiger partial charge on any atom is -0.294 e. The van der Waals surface area contributed by atoms with Crippen molar-refractivity contribution in [3.8, 4) is 0 Å². The van der Waals surface area contributed by atoms with Crippen LogP contribution in [0, 0.1) is 11.6 Å². The highest BCUT2D eigenvalue weighted by Crippen LogP contribution is 2.06. The first kappa shape index (κ1) is 9.90. The third-order valence-corrected chi connectivity index (χ3v) is 1.93. The summed E-state index contributed by atoms with van der Waals surface area (Å²) in [7, 11) is 1.47. The van der Waals surface area contributed by atoms with Crippen molar-refractivity contribution >= 4 is 19.1 Å². The van der Waals surface area contributed by atoms with E-state index < -0.39 is 11.6 Å². The zero-order valence-electron chi connectivity index (χ0n) is 7.53. The topological polar surface area (TPSA) is 17.1 Å². The molecule has 0 aliphatic carbocycles. The van der Waals surface area contributed by atoms with Gasteiger partial charge in [-0.15, -0.1) is 0 Å². The lowest BCUT2D eigenvalue weighted by Crippen LogP contribution is -2.19. The molecule has 0 N–H and O–H groups in total. The summed E-state index contributed by atoms with van der Waals surface area (Å²) in [5, 5.41) is 0. The van der Waals surface area contributed by atoms with Crippen molar-refractivity contribution in [1.82, 2.24) is 0 Å². The fraction of sp³-hybridized carbons (Fsp3) is 0.222. The van der Waals surface area contributed by atoms with Gasteiger partial charge in [-0.3, -0.25) is 4.79 Å². The Bertz CT molecular complexity index is 350. The van der Waals surface area contributed by atoms with Crippen LogP contribution in [0.1, 0.15) is 23.7 Å². The average molecular weight is 182 g/mol. The molecule has 0 aliphatic heterocycles. The molecule has 0 aromatic heterocycles. The lowest BCUT2D eigenvalue weighted by molar-refractivity contribution is 0.0988. The number of hydrogen-bond acceptors (Lipinski definition) is 1. The third kappa shape index (κ3) is 1.94. The van der Waals surface area contributed by atoms with E-state index in [0.29, 0.717) is 0 Å². The van der Waals surface area contributed by atoms with Crippen LogP contribution in [-0.4, -0.2) is 13.6 Å². The van der Waals surface area contributed by atoms with Crippen LogP contribution >= 0.6 is 0 Å². The van der Waals surface area contributed by atoms with E-state index in [1.165, 1.54) is 7.85 Å². The molecule has 0 heterocycles. The van der Waals surface area contributed by atoms with Crippen molar-refractivity contribution in [1.29, 1.82) is 0 Å². The highest BCUT2D eigenvalue weighted by Gasteiger charge is 2.11. The Morgan fingerprint density at radius 2 is 2.08 bits per heavy atom. The van der Waals surface area contributed by atoms with Crippen LogP contribution in [0.2, 0.25) is 0 Å². The Kier molecular flexibility index (Phi) is 2.81. The maximum atomic E-state index is 12.9. The van der Waals surface area contributed by atoms with Gasteiger partial charge in [-0.05, 0) is 11.5 Å². The Labute approximate surface area is 76.2 Å². The predicted molar refractivity (Wildman–Crippen MR) is 49.2 cm³/mol. The Hall–Kier alpha value is -1.19. The highest BCUT2D eigenvalue weighted by atomic mass is 19.1. The van der Waals surface area contributed by atoms with Gasteiger partial charge in [0.2, 0.25) is 0 Å². The fourth-order valence-electron chi connectivity index (χ4n) is 1.13. The van der Waals surface area contributed by atoms with Gasteiger partial charge in [0.05, 0.1) is 0 Å². The van der Waals surface area contributed by atoms with Crippen LogP contribution in [0.25, 0.3) is 0 Å². The van der Waals surface area contributed by atoms with Crippen molar-refractivity contribution in [2.45, 2.75) is 13.3 Å². The maximum absolute atomic E-state index is 12.9. The smallest absolute Gasteiger partial charge is 0.162 e. The Balaban J connectivity index is 3.28. The van der Waals surface area contributed by atoms with E-state index in [0.717, 1.165) is 12.1 Å². The first-order chi connectivity index (χ1) is 6.06. The van der Waals surface area contributed by atoms with Crippen molar-refractivity contribution in [2.24, 2.45) is 0 Å². The molecule has 1 aromatic rings. The van der Waals surface area contributed by atoms with Crippen molar-refractivity contribution < 1.29 is 13.6 Å². The number of benzene rings is 1. The lowest BCUT2D eigenvalue weighted by atomic mass is 9.87. The third-order valence-electron chi connectivity index (χ3n) is 1.93. The molecule has 13 heavy (non-hydrogen) atoms. The van der Waals surface area contributed by atoms with E-state index in [4.69, 9.17) is 0 Å². The molecule has 0 unspecified atom stereocenters. The number of halogens is 2. The molecule has 4 heteroatoms. The van der Waals surface area contributed by atoms with Crippen LogP contribution in [0.5, 0.6) is 0 Å². The van der Waals surface area contributed by atoms with Crippen LogP contribution in [0.15, 0.2) is 12.1 Å². The highest BCUT2D eigenvalue weighted by molar-refractivity contribution is 6.36. The molecule has 0 fully saturated rings. The van der Waals surface area contributed by atoms with Gasteiger partial charge in [-0.1, -0.05) is 6.92 Å². The number of ketones is 1. The van der Waals surface area contributed by atoms with Crippen molar-refractivity contribution in [3.63, 3.8) is 0 Å². The molecule has 0 radical (unpaired) electrons. The molecule has 0 saturated heterocycles. The minimum absolute atomic E-state index is 0.139. The van der Waals surface area contributed by atoms with E-state index >= 15 is 0 Å². The van der Waals surface area contributed by atoms with Gasteiger partial charge in [-0.25, -0.2) is 8.78 Å². The van der Waals surface area contributed by atoms with Gasteiger partial charge in [-0.2, -0.15) is 0 Å². The molecule has 0 aliphatic rings. The Morgan fingerprint density at radius 1 is 1.46 bits per heavy atom. The van der Waals surface area contributed by atoms with E-state index in [1.807, 2.05) is 0 Å². The summed E-state index contributed by atoms with van der Waals surface area (Å²) < 4.78 is 25.7. The summed E-state index contributed by atoms with van der Waals surface area (Å²) in [6.07, 6.45) is 0.254. The second-order valence-corrected chi connectivity index (χ2v) is 2.84. The van der Waals surface area contributed by atoms with E-state index in [1.54, 1.807) is 6.92 Å². The number of Topliss-reactive ketones (excluding diaryl/α,β-unsaturated/α-hetero) is 1. The molecule has 0 amide bonds. The second kappa shape index (κ2) is 3.68. The molecule has 1 aromatic carbocycles. The zero-order chi connectivity index (χ0) is 10.0. The zero-order valence-corrected chi connectivity index (χ0v) is 7.53. The van der Waals surface area contributed by atoms with Gasteiger partial charge >= 0.3 is 0 Å². The standard InChI is InChI=1S/C9H9BF2O/c1-2-8(13)6-3-5(11)4-7(12)9(6)10/h3-4H,2,10H2,1H3. The molecule has 0 bridgehead atoms. The average Bonchev–Trinajstić information content (AvgIpc) is 2.10. The minimum atomic E-state index is -0.708. The monoisotopic (exact) mass is 182 g/mol. The van der Waals surface area contributed by atoms with Gasteiger partial charge < -0.3 is 0 Å². The molecular formula is C9H9BF2O. The number of rotatable bonds is 2. The summed E-state index contributed by atoms with van der Waals surface area (Å²) in [5.74, 6) is -1.62. The lowest BCUT2D eigenvalue weighted by Gasteiger charge is -2.04. The van der Waals surface area contributed by atoms with Crippen LogP contribution in [0.3, 0.4) is 0 Å². The van der Waals surface area contributed by atoms with Crippen LogP contribution in [0.4, 0.5) is 8.78 Å². The van der Waals surface area contributed by atoms with Gasteiger partial charge in [0.25, 0.3) is 0 Å². The van der Waals surface area contributed by atoms with Crippen molar-refractivity contribution in [3.05, 3.63) is 29.3 Å². The first-order valence-electron chi connectivity index (χ1n) is 4.05. The van der Waals surface area contributed by atoms with Gasteiger partial charge in [0.1, 0.15) is 19.5 Å². The predicted octanol–water partition coefficient (Wildman–Crippen LogP) is 0.816. The van der Waals surface area contributed by atoms with Gasteiger partial charge in [0.15, 0.2) is 5.78 Å². The largest absolute Gasteiger partial charge is 0.294 e.